The molecule has 10 heteroatoms. The van der Waals surface area contributed by atoms with E-state index in [0.717, 1.165) is 74.5 Å². The van der Waals surface area contributed by atoms with Gasteiger partial charge in [-0.3, -0.25) is 4.90 Å². The van der Waals surface area contributed by atoms with Crippen molar-refractivity contribution in [3.8, 4) is 11.5 Å². The summed E-state index contributed by atoms with van der Waals surface area (Å²) < 4.78 is 40.5. The maximum atomic E-state index is 14.8. The van der Waals surface area contributed by atoms with Crippen LogP contribution in [0.3, 0.4) is 0 Å². The van der Waals surface area contributed by atoms with Crippen LogP contribution in [0.1, 0.15) is 60.9 Å². The average Bonchev–Trinajstić information content (AvgIpc) is 3.51. The van der Waals surface area contributed by atoms with Crippen molar-refractivity contribution in [2.45, 2.75) is 63.4 Å². The largest absolute Gasteiger partial charge is 0.444 e. The van der Waals surface area contributed by atoms with Crippen molar-refractivity contribution >= 4 is 22.6 Å². The van der Waals surface area contributed by atoms with Crippen molar-refractivity contribution in [2.24, 2.45) is 0 Å². The third-order valence-electron chi connectivity index (χ3n) is 8.96. The van der Waals surface area contributed by atoms with Crippen molar-refractivity contribution in [3.63, 3.8) is 0 Å². The van der Waals surface area contributed by atoms with E-state index in [0.29, 0.717) is 27.6 Å². The SMILES string of the molecule is COC(O)c1ccc2nc(CN3CCC(c4cccc5c4O[C@@](C)(c4ccc(Cl)cc4F)O5)CC3)n(C[C@@H]3CCO3)c2c1. The van der Waals surface area contributed by atoms with E-state index in [4.69, 9.17) is 35.5 Å². The molecule has 226 valence electrons. The number of aromatic nitrogens is 2. The lowest BCUT2D eigenvalue weighted by Crippen LogP contribution is -2.35. The lowest BCUT2D eigenvalue weighted by molar-refractivity contribution is -0.0769. The highest BCUT2D eigenvalue weighted by molar-refractivity contribution is 6.30. The second-order valence-electron chi connectivity index (χ2n) is 11.8. The van der Waals surface area contributed by atoms with Gasteiger partial charge in [0.25, 0.3) is 5.79 Å². The van der Waals surface area contributed by atoms with Crippen LogP contribution in [0.15, 0.2) is 54.6 Å². The van der Waals surface area contributed by atoms with Crippen LogP contribution in [0.5, 0.6) is 11.5 Å². The molecule has 1 aromatic heterocycles. The Bertz CT molecular complexity index is 1650. The molecule has 2 saturated heterocycles. The summed E-state index contributed by atoms with van der Waals surface area (Å²) in [5, 5.41) is 10.6. The van der Waals surface area contributed by atoms with E-state index in [-0.39, 0.29) is 12.0 Å². The minimum absolute atomic E-state index is 0.173. The molecule has 3 aliphatic heterocycles. The van der Waals surface area contributed by atoms with Gasteiger partial charge in [-0.2, -0.15) is 0 Å². The molecular weight excluding hydrogens is 573 g/mol. The third kappa shape index (κ3) is 5.38. The normalized spacial score (nSPS) is 23.0. The average molecular weight is 608 g/mol. The molecule has 1 unspecified atom stereocenters. The topological polar surface area (TPSA) is 78.2 Å². The molecule has 0 bridgehead atoms. The Kier molecular flexibility index (Phi) is 7.55. The fourth-order valence-electron chi connectivity index (χ4n) is 6.48. The van der Waals surface area contributed by atoms with Gasteiger partial charge < -0.3 is 28.6 Å². The van der Waals surface area contributed by atoms with Crippen LogP contribution < -0.4 is 9.47 Å². The maximum absolute atomic E-state index is 14.8. The molecule has 0 radical (unpaired) electrons. The van der Waals surface area contributed by atoms with Gasteiger partial charge in [-0.1, -0.05) is 29.8 Å². The third-order valence-corrected chi connectivity index (χ3v) is 9.20. The summed E-state index contributed by atoms with van der Waals surface area (Å²) >= 11 is 5.98. The van der Waals surface area contributed by atoms with Crippen LogP contribution in [0.25, 0.3) is 11.0 Å². The van der Waals surface area contributed by atoms with Crippen molar-refractivity contribution < 1.29 is 28.4 Å². The molecular formula is C33H35ClFN3O5. The summed E-state index contributed by atoms with van der Waals surface area (Å²) in [5.74, 6) is 0.865. The molecule has 2 fully saturated rings. The predicted octanol–water partition coefficient (Wildman–Crippen LogP) is 6.28. The van der Waals surface area contributed by atoms with Gasteiger partial charge in [-0.15, -0.1) is 0 Å². The molecule has 1 N–H and O–H groups in total. The Morgan fingerprint density at radius 2 is 1.93 bits per heavy atom. The lowest BCUT2D eigenvalue weighted by atomic mass is 9.88. The van der Waals surface area contributed by atoms with Gasteiger partial charge >= 0.3 is 0 Å². The second-order valence-corrected chi connectivity index (χ2v) is 12.2. The number of para-hydroxylation sites is 1. The van der Waals surface area contributed by atoms with Crippen molar-refractivity contribution in [3.05, 3.63) is 88.0 Å². The number of halogens is 2. The van der Waals surface area contributed by atoms with Gasteiger partial charge in [0.2, 0.25) is 0 Å². The van der Waals surface area contributed by atoms with E-state index < -0.39 is 17.9 Å². The molecule has 0 spiro atoms. The first-order chi connectivity index (χ1) is 20.8. The fourth-order valence-corrected chi connectivity index (χ4v) is 6.63. The second kappa shape index (κ2) is 11.4. The van der Waals surface area contributed by atoms with E-state index in [1.807, 2.05) is 30.3 Å². The zero-order chi connectivity index (χ0) is 29.7. The Morgan fingerprint density at radius 1 is 1.12 bits per heavy atom. The number of piperidine rings is 1. The number of aliphatic hydroxyl groups is 1. The molecule has 4 aromatic rings. The minimum Gasteiger partial charge on any atom is -0.444 e. The number of rotatable bonds is 8. The molecule has 8 nitrogen and oxygen atoms in total. The summed E-state index contributed by atoms with van der Waals surface area (Å²) in [6, 6.07) is 16.3. The lowest BCUT2D eigenvalue weighted by Gasteiger charge is -2.33. The molecule has 4 heterocycles. The molecule has 7 rings (SSSR count). The van der Waals surface area contributed by atoms with Gasteiger partial charge in [0, 0.05) is 36.8 Å². The summed E-state index contributed by atoms with van der Waals surface area (Å²) in [7, 11) is 1.49. The Morgan fingerprint density at radius 3 is 2.65 bits per heavy atom. The highest BCUT2D eigenvalue weighted by atomic mass is 35.5. The minimum atomic E-state index is -1.27. The van der Waals surface area contributed by atoms with Gasteiger partial charge in [-0.05, 0) is 74.7 Å². The van der Waals surface area contributed by atoms with Crippen molar-refractivity contribution in [2.75, 3.05) is 26.8 Å². The summed E-state index contributed by atoms with van der Waals surface area (Å²) in [5.41, 5.74) is 3.98. The summed E-state index contributed by atoms with van der Waals surface area (Å²) in [4.78, 5) is 7.43. The number of methoxy groups -OCH3 is 1. The number of imidazole rings is 1. The smallest absolute Gasteiger partial charge is 0.278 e. The monoisotopic (exact) mass is 607 g/mol. The first-order valence-corrected chi connectivity index (χ1v) is 15.2. The quantitative estimate of drug-likeness (QED) is 0.236. The first-order valence-electron chi connectivity index (χ1n) is 14.8. The fraction of sp³-hybridized carbons (Fsp3) is 0.424. The number of likely N-dealkylation sites (tertiary alicyclic amines) is 1. The van der Waals surface area contributed by atoms with Crippen LogP contribution >= 0.6 is 11.6 Å². The molecule has 43 heavy (non-hydrogen) atoms. The van der Waals surface area contributed by atoms with Gasteiger partial charge in [0.15, 0.2) is 17.8 Å². The van der Waals surface area contributed by atoms with E-state index in [1.165, 1.54) is 13.2 Å². The van der Waals surface area contributed by atoms with Crippen LogP contribution in [0.2, 0.25) is 5.02 Å². The highest BCUT2D eigenvalue weighted by Gasteiger charge is 2.43. The van der Waals surface area contributed by atoms with E-state index in [1.54, 1.807) is 19.1 Å². The van der Waals surface area contributed by atoms with Crippen LogP contribution in [0.4, 0.5) is 4.39 Å². The van der Waals surface area contributed by atoms with Crippen molar-refractivity contribution in [1.29, 1.82) is 0 Å². The van der Waals surface area contributed by atoms with Crippen LogP contribution in [-0.4, -0.2) is 52.5 Å². The number of aliphatic hydroxyl groups excluding tert-OH is 1. The Balaban J connectivity index is 1.08. The highest BCUT2D eigenvalue weighted by Crippen LogP contribution is 2.50. The first kappa shape index (κ1) is 28.6. The van der Waals surface area contributed by atoms with Crippen LogP contribution in [0, 0.1) is 5.82 Å². The van der Waals surface area contributed by atoms with Gasteiger partial charge in [0.1, 0.15) is 11.6 Å². The Hall–Kier alpha value is -3.21. The van der Waals surface area contributed by atoms with Gasteiger partial charge in [0.05, 0.1) is 35.8 Å². The molecule has 0 amide bonds. The van der Waals surface area contributed by atoms with E-state index in [2.05, 4.69) is 15.5 Å². The molecule has 3 atom stereocenters. The predicted molar refractivity (Wildman–Crippen MR) is 160 cm³/mol. The number of hydrogen-bond acceptors (Lipinski definition) is 7. The zero-order valence-corrected chi connectivity index (χ0v) is 25.0. The number of ether oxygens (including phenoxy) is 4. The number of benzene rings is 3. The van der Waals surface area contributed by atoms with Crippen LogP contribution in [-0.2, 0) is 28.4 Å². The van der Waals surface area contributed by atoms with Crippen molar-refractivity contribution in [1.82, 2.24) is 14.5 Å². The van der Waals surface area contributed by atoms with Gasteiger partial charge in [-0.25, -0.2) is 9.37 Å². The zero-order valence-electron chi connectivity index (χ0n) is 24.3. The van der Waals surface area contributed by atoms with E-state index >= 15 is 0 Å². The summed E-state index contributed by atoms with van der Waals surface area (Å²) in [6.45, 7) is 5.78. The molecule has 0 aliphatic carbocycles. The molecule has 3 aliphatic rings. The standard InChI is InChI=1S/C33H35ClFN3O5/c1-33(25-8-7-22(34)17-26(25)35)42-29-5-3-4-24(31(29)43-33)20-10-13-37(14-11-20)19-30-36-27-9-6-21(32(39)40-2)16-28(27)38(30)18-23-12-15-41-23/h3-9,16-17,20,23,32,39H,10-15,18-19H2,1-2H3/t23-,32?,33-/m0/s1. The summed E-state index contributed by atoms with van der Waals surface area (Å²) in [6.07, 6.45) is 2.12. The van der Waals surface area contributed by atoms with E-state index in [9.17, 15) is 9.50 Å². The molecule has 0 saturated carbocycles. The number of fused-ring (bicyclic) bond motifs is 2. The Labute approximate surface area is 254 Å². The maximum Gasteiger partial charge on any atom is 0.278 e. The number of nitrogens with zero attached hydrogens (tertiary/aromatic N) is 3. The number of hydrogen-bond donors (Lipinski definition) is 1. The molecule has 3 aromatic carbocycles.